The SMILES string of the molecule is COc1ccc(Cl)cc1CNCC1CCCNC1. The molecule has 1 aromatic rings. The molecule has 1 saturated heterocycles. The fourth-order valence-corrected chi connectivity index (χ4v) is 2.59. The molecule has 1 fully saturated rings. The lowest BCUT2D eigenvalue weighted by Gasteiger charge is -2.23. The first-order valence-electron chi connectivity index (χ1n) is 6.53. The summed E-state index contributed by atoms with van der Waals surface area (Å²) in [6.45, 7) is 4.14. The van der Waals surface area contributed by atoms with E-state index < -0.39 is 0 Å². The predicted molar refractivity (Wildman–Crippen MR) is 75.3 cm³/mol. The first-order valence-corrected chi connectivity index (χ1v) is 6.91. The molecule has 3 nitrogen and oxygen atoms in total. The van der Waals surface area contributed by atoms with Crippen LogP contribution in [0.25, 0.3) is 0 Å². The van der Waals surface area contributed by atoms with Crippen LogP contribution in [0.1, 0.15) is 18.4 Å². The molecule has 0 saturated carbocycles. The van der Waals surface area contributed by atoms with Gasteiger partial charge in [-0.25, -0.2) is 0 Å². The molecule has 0 aromatic heterocycles. The molecule has 1 atom stereocenters. The fourth-order valence-electron chi connectivity index (χ4n) is 2.39. The van der Waals surface area contributed by atoms with Gasteiger partial charge in [0.1, 0.15) is 5.75 Å². The molecule has 1 unspecified atom stereocenters. The Morgan fingerprint density at radius 3 is 3.11 bits per heavy atom. The molecule has 1 aliphatic heterocycles. The Morgan fingerprint density at radius 2 is 2.39 bits per heavy atom. The number of hydrogen-bond acceptors (Lipinski definition) is 3. The fraction of sp³-hybridized carbons (Fsp3) is 0.571. The van der Waals surface area contributed by atoms with Crippen molar-refractivity contribution in [2.75, 3.05) is 26.7 Å². The molecular formula is C14H21ClN2O. The summed E-state index contributed by atoms with van der Waals surface area (Å²) >= 11 is 6.01. The van der Waals surface area contributed by atoms with E-state index in [1.807, 2.05) is 18.2 Å². The van der Waals surface area contributed by atoms with E-state index in [2.05, 4.69) is 10.6 Å². The van der Waals surface area contributed by atoms with E-state index in [0.29, 0.717) is 0 Å². The Morgan fingerprint density at radius 1 is 1.50 bits per heavy atom. The van der Waals surface area contributed by atoms with E-state index in [9.17, 15) is 0 Å². The third-order valence-corrected chi connectivity index (χ3v) is 3.62. The third kappa shape index (κ3) is 3.87. The number of hydrogen-bond donors (Lipinski definition) is 2. The van der Waals surface area contributed by atoms with Gasteiger partial charge >= 0.3 is 0 Å². The van der Waals surface area contributed by atoms with Crippen LogP contribution < -0.4 is 15.4 Å². The normalized spacial score (nSPS) is 19.8. The van der Waals surface area contributed by atoms with Crippen LogP contribution in [0, 0.1) is 5.92 Å². The van der Waals surface area contributed by atoms with Crippen molar-refractivity contribution in [1.29, 1.82) is 0 Å². The molecule has 4 heteroatoms. The van der Waals surface area contributed by atoms with Crippen molar-refractivity contribution >= 4 is 11.6 Å². The maximum atomic E-state index is 6.01. The van der Waals surface area contributed by atoms with E-state index in [-0.39, 0.29) is 0 Å². The van der Waals surface area contributed by atoms with Gasteiger partial charge in [0.05, 0.1) is 7.11 Å². The van der Waals surface area contributed by atoms with Gasteiger partial charge in [0.15, 0.2) is 0 Å². The van der Waals surface area contributed by atoms with Crippen LogP contribution in [0.4, 0.5) is 0 Å². The van der Waals surface area contributed by atoms with Gasteiger partial charge in [0.25, 0.3) is 0 Å². The minimum atomic E-state index is 0.740. The molecule has 0 bridgehead atoms. The monoisotopic (exact) mass is 268 g/mol. The minimum Gasteiger partial charge on any atom is -0.496 e. The maximum absolute atomic E-state index is 6.01. The molecule has 0 amide bonds. The van der Waals surface area contributed by atoms with Crippen LogP contribution in [0.15, 0.2) is 18.2 Å². The summed E-state index contributed by atoms with van der Waals surface area (Å²) in [7, 11) is 1.69. The average Bonchev–Trinajstić information content (AvgIpc) is 2.40. The minimum absolute atomic E-state index is 0.740. The van der Waals surface area contributed by atoms with Crippen LogP contribution in [0.5, 0.6) is 5.75 Å². The van der Waals surface area contributed by atoms with Crippen molar-refractivity contribution in [3.05, 3.63) is 28.8 Å². The zero-order valence-electron chi connectivity index (χ0n) is 10.8. The van der Waals surface area contributed by atoms with Crippen molar-refractivity contribution in [3.8, 4) is 5.75 Å². The van der Waals surface area contributed by atoms with Crippen LogP contribution in [-0.2, 0) is 6.54 Å². The van der Waals surface area contributed by atoms with E-state index in [0.717, 1.165) is 41.9 Å². The predicted octanol–water partition coefficient (Wildman–Crippen LogP) is 2.44. The Bertz CT molecular complexity index is 378. The standard InChI is InChI=1S/C14H21ClN2O/c1-18-14-5-4-13(15)7-12(14)10-17-9-11-3-2-6-16-8-11/h4-5,7,11,16-17H,2-3,6,8-10H2,1H3. The lowest BCUT2D eigenvalue weighted by Crippen LogP contribution is -2.35. The molecule has 100 valence electrons. The second-order valence-corrected chi connectivity index (χ2v) is 5.24. The highest BCUT2D eigenvalue weighted by molar-refractivity contribution is 6.30. The number of halogens is 1. The number of ether oxygens (including phenoxy) is 1. The zero-order chi connectivity index (χ0) is 12.8. The lowest BCUT2D eigenvalue weighted by molar-refractivity contribution is 0.357. The van der Waals surface area contributed by atoms with Crippen molar-refractivity contribution in [2.45, 2.75) is 19.4 Å². The summed E-state index contributed by atoms with van der Waals surface area (Å²) < 4.78 is 5.33. The Kier molecular flexibility index (Phi) is 5.29. The van der Waals surface area contributed by atoms with E-state index in [1.165, 1.54) is 19.4 Å². The van der Waals surface area contributed by atoms with Crippen molar-refractivity contribution < 1.29 is 4.74 Å². The summed E-state index contributed by atoms with van der Waals surface area (Å²) in [5.74, 6) is 1.64. The van der Waals surface area contributed by atoms with Crippen LogP contribution in [-0.4, -0.2) is 26.7 Å². The first-order chi connectivity index (χ1) is 8.79. The van der Waals surface area contributed by atoms with Gasteiger partial charge in [-0.05, 0) is 56.6 Å². The summed E-state index contributed by atoms with van der Waals surface area (Å²) in [6.07, 6.45) is 2.60. The van der Waals surface area contributed by atoms with Gasteiger partial charge in [0, 0.05) is 17.1 Å². The summed E-state index contributed by atoms with van der Waals surface area (Å²) in [5.41, 5.74) is 1.12. The quantitative estimate of drug-likeness (QED) is 0.861. The third-order valence-electron chi connectivity index (χ3n) is 3.39. The Hall–Kier alpha value is -0.770. The molecular weight excluding hydrogens is 248 g/mol. The van der Waals surface area contributed by atoms with Crippen molar-refractivity contribution in [1.82, 2.24) is 10.6 Å². The average molecular weight is 269 g/mol. The zero-order valence-corrected chi connectivity index (χ0v) is 11.6. The van der Waals surface area contributed by atoms with Gasteiger partial charge in [-0.15, -0.1) is 0 Å². The molecule has 1 aromatic carbocycles. The van der Waals surface area contributed by atoms with Crippen molar-refractivity contribution in [2.24, 2.45) is 5.92 Å². The molecule has 2 N–H and O–H groups in total. The second-order valence-electron chi connectivity index (χ2n) is 4.80. The molecule has 18 heavy (non-hydrogen) atoms. The largest absolute Gasteiger partial charge is 0.496 e. The van der Waals surface area contributed by atoms with E-state index in [4.69, 9.17) is 16.3 Å². The summed E-state index contributed by atoms with van der Waals surface area (Å²) in [6, 6.07) is 5.74. The first kappa shape index (κ1) is 13.7. The van der Waals surface area contributed by atoms with Gasteiger partial charge in [0.2, 0.25) is 0 Å². The molecule has 1 heterocycles. The second kappa shape index (κ2) is 6.98. The summed E-state index contributed by atoms with van der Waals surface area (Å²) in [4.78, 5) is 0. The van der Waals surface area contributed by atoms with E-state index in [1.54, 1.807) is 7.11 Å². The highest BCUT2D eigenvalue weighted by atomic mass is 35.5. The number of methoxy groups -OCH3 is 1. The Labute approximate surface area is 114 Å². The highest BCUT2D eigenvalue weighted by Crippen LogP contribution is 2.22. The number of rotatable bonds is 5. The van der Waals surface area contributed by atoms with Crippen LogP contribution in [0.3, 0.4) is 0 Å². The van der Waals surface area contributed by atoms with Gasteiger partial charge in [-0.1, -0.05) is 11.6 Å². The maximum Gasteiger partial charge on any atom is 0.123 e. The molecule has 1 aliphatic rings. The van der Waals surface area contributed by atoms with Gasteiger partial charge in [-0.2, -0.15) is 0 Å². The van der Waals surface area contributed by atoms with Crippen LogP contribution >= 0.6 is 11.6 Å². The van der Waals surface area contributed by atoms with E-state index >= 15 is 0 Å². The lowest BCUT2D eigenvalue weighted by atomic mass is 10.00. The topological polar surface area (TPSA) is 33.3 Å². The van der Waals surface area contributed by atoms with Gasteiger partial charge < -0.3 is 15.4 Å². The molecule has 2 rings (SSSR count). The highest BCUT2D eigenvalue weighted by Gasteiger charge is 2.12. The van der Waals surface area contributed by atoms with Crippen molar-refractivity contribution in [3.63, 3.8) is 0 Å². The number of nitrogens with one attached hydrogen (secondary N) is 2. The molecule has 0 spiro atoms. The summed E-state index contributed by atoms with van der Waals surface area (Å²) in [5, 5.41) is 7.68. The smallest absolute Gasteiger partial charge is 0.123 e. The van der Waals surface area contributed by atoms with Crippen LogP contribution in [0.2, 0.25) is 5.02 Å². The molecule has 0 radical (unpaired) electrons. The number of piperidine rings is 1. The number of benzene rings is 1. The van der Waals surface area contributed by atoms with Gasteiger partial charge in [-0.3, -0.25) is 0 Å². The Balaban J connectivity index is 1.83. The molecule has 0 aliphatic carbocycles.